The van der Waals surface area contributed by atoms with Crippen LogP contribution in [0.5, 0.6) is 0 Å². The third kappa shape index (κ3) is 2.88. The van der Waals surface area contributed by atoms with Crippen molar-refractivity contribution in [1.29, 1.82) is 0 Å². The van der Waals surface area contributed by atoms with Crippen LogP contribution in [0.25, 0.3) is 0 Å². The SMILES string of the molecule is O=C([C@@H]1CCCN1S(=O)(=O)c1ccccc1)N1CCOCC1. The molecule has 0 bridgehead atoms. The lowest BCUT2D eigenvalue weighted by Crippen LogP contribution is -2.50. The van der Waals surface area contributed by atoms with Crippen LogP contribution >= 0.6 is 0 Å². The van der Waals surface area contributed by atoms with Crippen molar-refractivity contribution in [2.75, 3.05) is 32.8 Å². The molecule has 0 spiro atoms. The molecule has 2 aliphatic rings. The number of carbonyl (C=O) groups is 1. The predicted octanol–water partition coefficient (Wildman–Crippen LogP) is 0.698. The molecule has 1 aromatic rings. The molecule has 1 atom stereocenters. The molecule has 120 valence electrons. The van der Waals surface area contributed by atoms with Crippen LogP contribution in [0.1, 0.15) is 12.8 Å². The van der Waals surface area contributed by atoms with Crippen molar-refractivity contribution in [3.8, 4) is 0 Å². The molecule has 0 saturated carbocycles. The van der Waals surface area contributed by atoms with Crippen molar-refractivity contribution in [1.82, 2.24) is 9.21 Å². The van der Waals surface area contributed by atoms with Gasteiger partial charge < -0.3 is 9.64 Å². The van der Waals surface area contributed by atoms with Crippen molar-refractivity contribution in [3.63, 3.8) is 0 Å². The fourth-order valence-corrected chi connectivity index (χ4v) is 4.67. The first kappa shape index (κ1) is 15.5. The van der Waals surface area contributed by atoms with E-state index in [2.05, 4.69) is 0 Å². The van der Waals surface area contributed by atoms with Crippen molar-refractivity contribution in [2.24, 2.45) is 0 Å². The average molecular weight is 324 g/mol. The molecule has 0 radical (unpaired) electrons. The molecule has 2 aliphatic heterocycles. The molecule has 0 N–H and O–H groups in total. The van der Waals surface area contributed by atoms with Crippen molar-refractivity contribution < 1.29 is 17.9 Å². The smallest absolute Gasteiger partial charge is 0.243 e. The number of morpholine rings is 1. The molecule has 2 heterocycles. The first-order chi connectivity index (χ1) is 10.6. The van der Waals surface area contributed by atoms with E-state index in [-0.39, 0.29) is 10.8 Å². The molecule has 1 aromatic carbocycles. The van der Waals surface area contributed by atoms with Gasteiger partial charge in [-0.05, 0) is 25.0 Å². The predicted molar refractivity (Wildman–Crippen MR) is 80.8 cm³/mol. The fraction of sp³-hybridized carbons (Fsp3) is 0.533. The van der Waals surface area contributed by atoms with Crippen LogP contribution in [-0.4, -0.2) is 62.4 Å². The zero-order chi connectivity index (χ0) is 15.6. The quantitative estimate of drug-likeness (QED) is 0.821. The molecular weight excluding hydrogens is 304 g/mol. The molecule has 22 heavy (non-hydrogen) atoms. The highest BCUT2D eigenvalue weighted by Gasteiger charge is 2.41. The summed E-state index contributed by atoms with van der Waals surface area (Å²) in [5.41, 5.74) is 0. The number of hydrogen-bond donors (Lipinski definition) is 0. The largest absolute Gasteiger partial charge is 0.378 e. The van der Waals surface area contributed by atoms with Crippen molar-refractivity contribution >= 4 is 15.9 Å². The molecule has 1 amide bonds. The minimum atomic E-state index is -3.62. The van der Waals surface area contributed by atoms with Crippen molar-refractivity contribution in [3.05, 3.63) is 30.3 Å². The summed E-state index contributed by atoms with van der Waals surface area (Å²) in [7, 11) is -3.62. The highest BCUT2D eigenvalue weighted by atomic mass is 32.2. The Morgan fingerprint density at radius 1 is 1.09 bits per heavy atom. The summed E-state index contributed by atoms with van der Waals surface area (Å²) in [5.74, 6) is -0.0969. The van der Waals surface area contributed by atoms with Crippen LogP contribution in [0, 0.1) is 0 Å². The van der Waals surface area contributed by atoms with Crippen LogP contribution in [-0.2, 0) is 19.6 Å². The molecule has 2 saturated heterocycles. The zero-order valence-electron chi connectivity index (χ0n) is 12.3. The maximum absolute atomic E-state index is 12.8. The van der Waals surface area contributed by atoms with E-state index in [0.29, 0.717) is 45.7 Å². The van der Waals surface area contributed by atoms with Gasteiger partial charge in [0.1, 0.15) is 6.04 Å². The summed E-state index contributed by atoms with van der Waals surface area (Å²) in [6.45, 7) is 2.51. The Morgan fingerprint density at radius 3 is 2.45 bits per heavy atom. The lowest BCUT2D eigenvalue weighted by molar-refractivity contribution is -0.138. The minimum Gasteiger partial charge on any atom is -0.378 e. The van der Waals surface area contributed by atoms with Gasteiger partial charge in [0, 0.05) is 19.6 Å². The maximum atomic E-state index is 12.8. The Labute approximate surface area is 130 Å². The highest BCUT2D eigenvalue weighted by Crippen LogP contribution is 2.27. The lowest BCUT2D eigenvalue weighted by Gasteiger charge is -2.32. The van der Waals surface area contributed by atoms with Crippen LogP contribution < -0.4 is 0 Å². The second kappa shape index (κ2) is 6.36. The van der Waals surface area contributed by atoms with E-state index in [1.54, 1.807) is 35.2 Å². The molecule has 6 nitrogen and oxygen atoms in total. The summed E-state index contributed by atoms with van der Waals surface area (Å²) in [6, 6.07) is 7.74. The van der Waals surface area contributed by atoms with Crippen LogP contribution in [0.3, 0.4) is 0 Å². The van der Waals surface area contributed by atoms with Gasteiger partial charge >= 0.3 is 0 Å². The summed E-state index contributed by atoms with van der Waals surface area (Å²) < 4.78 is 32.1. The number of ether oxygens (including phenoxy) is 1. The van der Waals surface area contributed by atoms with Gasteiger partial charge in [0.2, 0.25) is 15.9 Å². The van der Waals surface area contributed by atoms with Gasteiger partial charge in [-0.25, -0.2) is 8.42 Å². The third-order valence-corrected chi connectivity index (χ3v) is 6.08. The Balaban J connectivity index is 1.82. The first-order valence-corrected chi connectivity index (χ1v) is 8.98. The number of carbonyl (C=O) groups excluding carboxylic acids is 1. The number of rotatable bonds is 3. The Morgan fingerprint density at radius 2 is 1.77 bits per heavy atom. The topological polar surface area (TPSA) is 66.9 Å². The second-order valence-electron chi connectivity index (χ2n) is 5.52. The minimum absolute atomic E-state index is 0.0969. The van der Waals surface area contributed by atoms with Crippen LogP contribution in [0.15, 0.2) is 35.2 Å². The van der Waals surface area contributed by atoms with Gasteiger partial charge in [0.05, 0.1) is 18.1 Å². The number of hydrogen-bond acceptors (Lipinski definition) is 4. The Kier molecular flexibility index (Phi) is 4.46. The number of benzene rings is 1. The number of nitrogens with zero attached hydrogens (tertiary/aromatic N) is 2. The van der Waals surface area contributed by atoms with E-state index in [4.69, 9.17) is 4.74 Å². The second-order valence-corrected chi connectivity index (χ2v) is 7.42. The number of sulfonamides is 1. The molecule has 0 unspecified atom stereocenters. The molecule has 3 rings (SSSR count). The highest BCUT2D eigenvalue weighted by molar-refractivity contribution is 7.89. The third-order valence-electron chi connectivity index (χ3n) is 4.16. The summed E-state index contributed by atoms with van der Waals surface area (Å²) in [6.07, 6.45) is 1.30. The standard InChI is InChI=1S/C15H20N2O4S/c18-15(16-9-11-21-12-10-16)14-7-4-8-17(14)22(19,20)13-5-2-1-3-6-13/h1-3,5-6,14H,4,7-12H2/t14-/m0/s1. The van der Waals surface area contributed by atoms with Gasteiger partial charge in [-0.3, -0.25) is 4.79 Å². The van der Waals surface area contributed by atoms with Crippen molar-refractivity contribution in [2.45, 2.75) is 23.8 Å². The summed E-state index contributed by atoms with van der Waals surface area (Å²) in [4.78, 5) is 14.6. The molecule has 0 aromatic heterocycles. The van der Waals surface area contributed by atoms with Gasteiger partial charge in [0.25, 0.3) is 0 Å². The molecular formula is C15H20N2O4S. The zero-order valence-corrected chi connectivity index (χ0v) is 13.2. The molecule has 0 aliphatic carbocycles. The van der Waals surface area contributed by atoms with Gasteiger partial charge in [-0.1, -0.05) is 18.2 Å². The summed E-state index contributed by atoms with van der Waals surface area (Å²) in [5, 5.41) is 0. The van der Waals surface area contributed by atoms with E-state index < -0.39 is 16.1 Å². The van der Waals surface area contributed by atoms with E-state index in [1.165, 1.54) is 4.31 Å². The van der Waals surface area contributed by atoms with Gasteiger partial charge in [0.15, 0.2) is 0 Å². The fourth-order valence-electron chi connectivity index (χ4n) is 3.00. The molecule has 2 fully saturated rings. The normalized spacial score (nSPS) is 23.6. The summed E-state index contributed by atoms with van der Waals surface area (Å²) >= 11 is 0. The first-order valence-electron chi connectivity index (χ1n) is 7.54. The molecule has 7 heteroatoms. The van der Waals surface area contributed by atoms with E-state index in [9.17, 15) is 13.2 Å². The number of amides is 1. The maximum Gasteiger partial charge on any atom is 0.243 e. The van der Waals surface area contributed by atoms with E-state index >= 15 is 0 Å². The average Bonchev–Trinajstić information content (AvgIpc) is 3.06. The lowest BCUT2D eigenvalue weighted by atomic mass is 10.2. The Hall–Kier alpha value is -1.44. The van der Waals surface area contributed by atoms with Crippen LogP contribution in [0.4, 0.5) is 0 Å². The van der Waals surface area contributed by atoms with Gasteiger partial charge in [-0.15, -0.1) is 0 Å². The van der Waals surface area contributed by atoms with E-state index in [1.807, 2.05) is 0 Å². The van der Waals surface area contributed by atoms with E-state index in [0.717, 1.165) is 0 Å². The van der Waals surface area contributed by atoms with Crippen LogP contribution in [0.2, 0.25) is 0 Å². The Bertz CT molecular complexity index is 626. The monoisotopic (exact) mass is 324 g/mol. The van der Waals surface area contributed by atoms with Gasteiger partial charge in [-0.2, -0.15) is 4.31 Å².